The van der Waals surface area contributed by atoms with Crippen LogP contribution >= 0.6 is 0 Å². The van der Waals surface area contributed by atoms with E-state index in [0.717, 1.165) is 12.1 Å². The van der Waals surface area contributed by atoms with E-state index in [1.165, 1.54) is 13.2 Å². The number of nitrogens with one attached hydrogen (secondary N) is 1. The van der Waals surface area contributed by atoms with Gasteiger partial charge in [-0.05, 0) is 61.4 Å². The Morgan fingerprint density at radius 3 is 2.82 bits per heavy atom. The van der Waals surface area contributed by atoms with E-state index < -0.39 is 5.54 Å². The number of ether oxygens (including phenoxy) is 1. The highest BCUT2D eigenvalue weighted by atomic mass is 19.1. The van der Waals surface area contributed by atoms with Crippen LogP contribution in [0, 0.1) is 11.7 Å². The van der Waals surface area contributed by atoms with Crippen LogP contribution in [0.1, 0.15) is 49.3 Å². The standard InChI is InChI=1S/C26H30FN3O4/c1-34-20-5-6-21(27)18(12-20)13-26(9-7-23(31)28-26)10-8-24(32)29-14-17-11-19(16-29)22-3-2-4-25(33)30(22)15-17/h2-6,12,17,19H,7-11,13-16H2,1H3,(H,28,31)/t17-,19-,26?/m0/s1. The summed E-state index contributed by atoms with van der Waals surface area (Å²) in [7, 11) is 1.53. The van der Waals surface area contributed by atoms with Crippen molar-refractivity contribution in [1.82, 2.24) is 14.8 Å². The second-order valence-corrected chi connectivity index (χ2v) is 9.96. The smallest absolute Gasteiger partial charge is 0.250 e. The number of hydrogen-bond donors (Lipinski definition) is 1. The van der Waals surface area contributed by atoms with Gasteiger partial charge in [0, 0.05) is 55.7 Å². The number of carbonyl (C=O) groups excluding carboxylic acids is 2. The molecule has 2 saturated heterocycles. The van der Waals surface area contributed by atoms with Crippen LogP contribution in [0.15, 0.2) is 41.2 Å². The number of aromatic nitrogens is 1. The van der Waals surface area contributed by atoms with Crippen LogP contribution in [0.4, 0.5) is 4.39 Å². The van der Waals surface area contributed by atoms with Crippen LogP contribution in [0.2, 0.25) is 0 Å². The molecule has 2 fully saturated rings. The van der Waals surface area contributed by atoms with Gasteiger partial charge in [-0.3, -0.25) is 14.4 Å². The van der Waals surface area contributed by atoms with E-state index in [9.17, 15) is 18.8 Å². The van der Waals surface area contributed by atoms with Crippen LogP contribution in [0.5, 0.6) is 5.75 Å². The Kier molecular flexibility index (Phi) is 5.91. The highest BCUT2D eigenvalue weighted by Crippen LogP contribution is 2.36. The summed E-state index contributed by atoms with van der Waals surface area (Å²) in [5.41, 5.74) is 0.861. The van der Waals surface area contributed by atoms with E-state index in [0.29, 0.717) is 56.6 Å². The van der Waals surface area contributed by atoms with Crippen molar-refractivity contribution in [3.05, 3.63) is 63.8 Å². The minimum Gasteiger partial charge on any atom is -0.497 e. The largest absolute Gasteiger partial charge is 0.497 e. The summed E-state index contributed by atoms with van der Waals surface area (Å²) in [6.45, 7) is 1.88. The zero-order valence-electron chi connectivity index (χ0n) is 19.4. The third kappa shape index (κ3) is 4.33. The molecule has 1 unspecified atom stereocenters. The maximum absolute atomic E-state index is 14.5. The molecule has 3 atom stereocenters. The van der Waals surface area contributed by atoms with Crippen molar-refractivity contribution < 1.29 is 18.7 Å². The van der Waals surface area contributed by atoms with Crippen LogP contribution in [-0.4, -0.2) is 47.0 Å². The molecule has 3 aliphatic heterocycles. The molecule has 1 aromatic carbocycles. The van der Waals surface area contributed by atoms with Gasteiger partial charge in [0.15, 0.2) is 0 Å². The third-order valence-electron chi connectivity index (χ3n) is 7.67. The molecule has 2 bridgehead atoms. The molecule has 0 radical (unpaired) electrons. The van der Waals surface area contributed by atoms with Crippen LogP contribution < -0.4 is 15.6 Å². The molecule has 0 spiro atoms. The van der Waals surface area contributed by atoms with E-state index in [2.05, 4.69) is 5.32 Å². The van der Waals surface area contributed by atoms with E-state index in [1.807, 2.05) is 15.5 Å². The van der Waals surface area contributed by atoms with Crippen molar-refractivity contribution in [2.45, 2.75) is 56.5 Å². The number of carbonyl (C=O) groups is 2. The topological polar surface area (TPSA) is 80.6 Å². The predicted molar refractivity (Wildman–Crippen MR) is 124 cm³/mol. The average molecular weight is 468 g/mol. The minimum atomic E-state index is -0.647. The lowest BCUT2D eigenvalue weighted by molar-refractivity contribution is -0.134. The Labute approximate surface area is 197 Å². The molecule has 34 heavy (non-hydrogen) atoms. The third-order valence-corrected chi connectivity index (χ3v) is 7.67. The normalized spacial score (nSPS) is 25.6. The molecule has 8 heteroatoms. The van der Waals surface area contributed by atoms with E-state index >= 15 is 0 Å². The number of likely N-dealkylation sites (tertiary alicyclic amines) is 1. The van der Waals surface area contributed by atoms with Crippen molar-refractivity contribution in [2.75, 3.05) is 20.2 Å². The average Bonchev–Trinajstić information content (AvgIpc) is 3.20. The first kappa shape index (κ1) is 22.6. The summed E-state index contributed by atoms with van der Waals surface area (Å²) >= 11 is 0. The Bertz CT molecular complexity index is 1180. The van der Waals surface area contributed by atoms with Crippen LogP contribution in [0.3, 0.4) is 0 Å². The van der Waals surface area contributed by atoms with Gasteiger partial charge in [0.1, 0.15) is 11.6 Å². The van der Waals surface area contributed by atoms with Gasteiger partial charge in [-0.1, -0.05) is 6.07 Å². The molecule has 180 valence electrons. The fourth-order valence-electron chi connectivity index (χ4n) is 5.96. The van der Waals surface area contributed by atoms with Gasteiger partial charge >= 0.3 is 0 Å². The van der Waals surface area contributed by atoms with E-state index in [1.54, 1.807) is 24.3 Å². The molecule has 0 aliphatic carbocycles. The van der Waals surface area contributed by atoms with Crippen LogP contribution in [-0.2, 0) is 22.6 Å². The predicted octanol–water partition coefficient (Wildman–Crippen LogP) is 2.61. The molecular weight excluding hydrogens is 437 g/mol. The van der Waals surface area contributed by atoms with Gasteiger partial charge in [-0.2, -0.15) is 0 Å². The lowest BCUT2D eigenvalue weighted by atomic mass is 9.82. The first-order chi connectivity index (χ1) is 16.4. The van der Waals surface area contributed by atoms with E-state index in [4.69, 9.17) is 4.74 Å². The number of pyridine rings is 1. The molecule has 5 rings (SSSR count). The van der Waals surface area contributed by atoms with Crippen molar-refractivity contribution in [3.8, 4) is 5.75 Å². The summed E-state index contributed by atoms with van der Waals surface area (Å²) in [6.07, 6.45) is 2.98. The number of halogens is 1. The van der Waals surface area contributed by atoms with Crippen molar-refractivity contribution in [3.63, 3.8) is 0 Å². The number of piperidine rings is 1. The van der Waals surface area contributed by atoms with Crippen LogP contribution in [0.25, 0.3) is 0 Å². The lowest BCUT2D eigenvalue weighted by Gasteiger charge is -2.43. The molecular formula is C26H30FN3O4. The van der Waals surface area contributed by atoms with Crippen molar-refractivity contribution in [1.29, 1.82) is 0 Å². The SMILES string of the molecule is COc1ccc(F)c(CC2(CCC(=O)N3C[C@@H]4C[C@@H](C3)c3cccc(=O)n3C4)CCC(=O)N2)c1. The van der Waals surface area contributed by atoms with Gasteiger partial charge in [-0.25, -0.2) is 4.39 Å². The Hall–Kier alpha value is -3.16. The zero-order chi connectivity index (χ0) is 23.9. The van der Waals surface area contributed by atoms with Crippen molar-refractivity contribution in [2.24, 2.45) is 5.92 Å². The molecule has 0 saturated carbocycles. The molecule has 4 heterocycles. The van der Waals surface area contributed by atoms with Gasteiger partial charge < -0.3 is 19.5 Å². The number of hydrogen-bond acceptors (Lipinski definition) is 4. The second kappa shape index (κ2) is 8.89. The molecule has 2 amide bonds. The quantitative estimate of drug-likeness (QED) is 0.708. The van der Waals surface area contributed by atoms with E-state index in [-0.39, 0.29) is 41.4 Å². The van der Waals surface area contributed by atoms with Gasteiger partial charge in [0.05, 0.1) is 7.11 Å². The number of amides is 2. The van der Waals surface area contributed by atoms with Crippen molar-refractivity contribution >= 4 is 11.8 Å². The highest BCUT2D eigenvalue weighted by Gasteiger charge is 2.40. The summed E-state index contributed by atoms with van der Waals surface area (Å²) in [5, 5.41) is 3.04. The number of fused-ring (bicyclic) bond motifs is 4. The molecule has 3 aliphatic rings. The summed E-state index contributed by atoms with van der Waals surface area (Å²) in [5.74, 6) is 0.632. The number of nitrogens with zero attached hydrogens (tertiary/aromatic N) is 2. The Morgan fingerprint density at radius 1 is 1.21 bits per heavy atom. The summed E-state index contributed by atoms with van der Waals surface area (Å²) < 4.78 is 21.6. The van der Waals surface area contributed by atoms with Gasteiger partial charge in [0.25, 0.3) is 5.56 Å². The lowest BCUT2D eigenvalue weighted by Crippen LogP contribution is -2.50. The van der Waals surface area contributed by atoms with Gasteiger partial charge in [0.2, 0.25) is 11.8 Å². The first-order valence-corrected chi connectivity index (χ1v) is 12.0. The fourth-order valence-corrected chi connectivity index (χ4v) is 5.96. The monoisotopic (exact) mass is 467 g/mol. The first-order valence-electron chi connectivity index (χ1n) is 12.0. The molecule has 2 aromatic rings. The Morgan fingerprint density at radius 2 is 2.06 bits per heavy atom. The maximum atomic E-state index is 14.5. The highest BCUT2D eigenvalue weighted by molar-refractivity contribution is 5.80. The summed E-state index contributed by atoms with van der Waals surface area (Å²) in [6, 6.07) is 9.98. The Balaban J connectivity index is 1.29. The molecule has 1 aromatic heterocycles. The minimum absolute atomic E-state index is 0.0238. The number of rotatable bonds is 6. The van der Waals surface area contributed by atoms with Gasteiger partial charge in [-0.15, -0.1) is 0 Å². The number of methoxy groups -OCH3 is 1. The molecule has 7 nitrogen and oxygen atoms in total. The summed E-state index contributed by atoms with van der Waals surface area (Å²) in [4.78, 5) is 39.5. The second-order valence-electron chi connectivity index (χ2n) is 9.96. The zero-order valence-corrected chi connectivity index (χ0v) is 19.4. The maximum Gasteiger partial charge on any atom is 0.250 e. The number of benzene rings is 1. The molecule has 1 N–H and O–H groups in total. The fraction of sp³-hybridized carbons (Fsp3) is 0.500.